The van der Waals surface area contributed by atoms with Crippen molar-refractivity contribution in [3.05, 3.63) is 64.7 Å². The van der Waals surface area contributed by atoms with Gasteiger partial charge < -0.3 is 0 Å². The Labute approximate surface area is 128 Å². The fourth-order valence-corrected chi connectivity index (χ4v) is 3.02. The van der Waals surface area contributed by atoms with Gasteiger partial charge in [-0.25, -0.2) is 8.78 Å². The predicted molar refractivity (Wildman–Crippen MR) is 78.0 cm³/mol. The number of carbonyl (C=O) groups excluding carboxylic acids is 1. The molecule has 110 valence electrons. The van der Waals surface area contributed by atoms with Crippen LogP contribution in [0.5, 0.6) is 0 Å². The average molecular weight is 329 g/mol. The number of rotatable bonds is 5. The minimum atomic E-state index is -1.45. The van der Waals surface area contributed by atoms with Gasteiger partial charge >= 0.3 is 0 Å². The van der Waals surface area contributed by atoms with Gasteiger partial charge in [-0.15, -0.1) is 0 Å². The van der Waals surface area contributed by atoms with Crippen LogP contribution in [0.15, 0.2) is 47.4 Å². The SMILES string of the molecule is O=C(CCS(=O)c1ccc(F)c(Cl)c1)c1ccc(F)cc1. The Morgan fingerprint density at radius 1 is 1.10 bits per heavy atom. The third kappa shape index (κ3) is 4.19. The number of ketones is 1. The molecule has 1 unspecified atom stereocenters. The quantitative estimate of drug-likeness (QED) is 0.777. The maximum Gasteiger partial charge on any atom is 0.163 e. The minimum Gasteiger partial charge on any atom is -0.294 e. The third-order valence-electron chi connectivity index (χ3n) is 2.83. The van der Waals surface area contributed by atoms with Crippen LogP contribution in [0.1, 0.15) is 16.8 Å². The van der Waals surface area contributed by atoms with E-state index in [1.54, 1.807) is 0 Å². The Morgan fingerprint density at radius 3 is 2.38 bits per heavy atom. The molecular formula is C15H11ClF2O2S. The highest BCUT2D eigenvalue weighted by Gasteiger charge is 2.11. The molecular weight excluding hydrogens is 318 g/mol. The summed E-state index contributed by atoms with van der Waals surface area (Å²) in [5, 5.41) is -0.106. The molecule has 2 nitrogen and oxygen atoms in total. The first-order valence-electron chi connectivity index (χ1n) is 6.09. The second-order valence-corrected chi connectivity index (χ2v) is 6.28. The average Bonchev–Trinajstić information content (AvgIpc) is 2.48. The summed E-state index contributed by atoms with van der Waals surface area (Å²) in [5.74, 6) is -1.13. The molecule has 0 aliphatic carbocycles. The van der Waals surface area contributed by atoms with E-state index in [1.807, 2.05) is 0 Å². The second-order valence-electron chi connectivity index (χ2n) is 4.31. The summed E-state index contributed by atoms with van der Waals surface area (Å²) in [6, 6.07) is 8.96. The number of hydrogen-bond donors (Lipinski definition) is 0. The molecule has 2 aromatic carbocycles. The van der Waals surface area contributed by atoms with E-state index < -0.39 is 22.4 Å². The Kier molecular flexibility index (Phi) is 5.20. The van der Waals surface area contributed by atoms with Crippen LogP contribution in [0.2, 0.25) is 5.02 Å². The lowest BCUT2D eigenvalue weighted by Crippen LogP contribution is -2.06. The first-order chi connectivity index (χ1) is 9.97. The van der Waals surface area contributed by atoms with Crippen molar-refractivity contribution in [2.75, 3.05) is 5.75 Å². The van der Waals surface area contributed by atoms with Gasteiger partial charge in [-0.2, -0.15) is 0 Å². The van der Waals surface area contributed by atoms with Crippen LogP contribution in [0.4, 0.5) is 8.78 Å². The number of Topliss-reactive ketones (excluding diaryl/α,β-unsaturated/α-hetero) is 1. The molecule has 2 rings (SSSR count). The van der Waals surface area contributed by atoms with Gasteiger partial charge in [0.15, 0.2) is 5.78 Å². The van der Waals surface area contributed by atoms with E-state index in [2.05, 4.69) is 0 Å². The first-order valence-corrected chi connectivity index (χ1v) is 7.79. The van der Waals surface area contributed by atoms with E-state index in [9.17, 15) is 17.8 Å². The molecule has 0 spiro atoms. The van der Waals surface area contributed by atoms with Crippen molar-refractivity contribution in [2.45, 2.75) is 11.3 Å². The molecule has 0 aromatic heterocycles. The van der Waals surface area contributed by atoms with Gasteiger partial charge in [0.1, 0.15) is 11.6 Å². The molecule has 1 atom stereocenters. The van der Waals surface area contributed by atoms with Crippen LogP contribution < -0.4 is 0 Å². The molecule has 6 heteroatoms. The molecule has 0 aliphatic rings. The summed E-state index contributed by atoms with van der Waals surface area (Å²) >= 11 is 5.62. The molecule has 0 saturated carbocycles. The van der Waals surface area contributed by atoms with Crippen molar-refractivity contribution >= 4 is 28.2 Å². The van der Waals surface area contributed by atoms with Crippen LogP contribution in [0, 0.1) is 11.6 Å². The van der Waals surface area contributed by atoms with Crippen LogP contribution in [0.3, 0.4) is 0 Å². The standard InChI is InChI=1S/C15H11ClF2O2S/c16-13-9-12(5-6-14(13)18)21(20)8-7-15(19)10-1-3-11(17)4-2-10/h1-6,9H,7-8H2. The summed E-state index contributed by atoms with van der Waals surface area (Å²) in [4.78, 5) is 12.2. The highest BCUT2D eigenvalue weighted by molar-refractivity contribution is 7.85. The zero-order valence-electron chi connectivity index (χ0n) is 10.8. The Morgan fingerprint density at radius 2 is 1.76 bits per heavy atom. The number of carbonyl (C=O) groups is 1. The summed E-state index contributed by atoms with van der Waals surface area (Å²) in [7, 11) is -1.45. The van der Waals surface area contributed by atoms with Gasteiger partial charge in [0.05, 0.1) is 15.8 Å². The minimum absolute atomic E-state index is 0.0488. The van der Waals surface area contributed by atoms with Gasteiger partial charge in [0.2, 0.25) is 0 Å². The fraction of sp³-hybridized carbons (Fsp3) is 0.133. The molecule has 0 radical (unpaired) electrons. The van der Waals surface area contributed by atoms with E-state index in [0.717, 1.165) is 6.07 Å². The largest absolute Gasteiger partial charge is 0.294 e. The predicted octanol–water partition coefficient (Wildman–Crippen LogP) is 4.00. The summed E-state index contributed by atoms with van der Waals surface area (Å²) in [5.41, 5.74) is 0.366. The van der Waals surface area contributed by atoms with E-state index in [0.29, 0.717) is 10.5 Å². The molecule has 0 N–H and O–H groups in total. The van der Waals surface area contributed by atoms with Crippen molar-refractivity contribution in [1.29, 1.82) is 0 Å². The van der Waals surface area contributed by atoms with Crippen molar-refractivity contribution in [3.8, 4) is 0 Å². The van der Waals surface area contributed by atoms with E-state index in [-0.39, 0.29) is 23.0 Å². The molecule has 0 saturated heterocycles. The molecule has 0 heterocycles. The number of benzene rings is 2. The van der Waals surface area contributed by atoms with Gasteiger partial charge in [-0.3, -0.25) is 9.00 Å². The maximum atomic E-state index is 13.0. The van der Waals surface area contributed by atoms with E-state index in [4.69, 9.17) is 11.6 Å². The zero-order valence-corrected chi connectivity index (χ0v) is 12.4. The molecule has 0 amide bonds. The smallest absolute Gasteiger partial charge is 0.163 e. The second kappa shape index (κ2) is 6.91. The zero-order chi connectivity index (χ0) is 15.4. The molecule has 0 bridgehead atoms. The van der Waals surface area contributed by atoms with Crippen LogP contribution in [-0.2, 0) is 10.8 Å². The summed E-state index contributed by atoms with van der Waals surface area (Å²) in [6.45, 7) is 0. The van der Waals surface area contributed by atoms with E-state index >= 15 is 0 Å². The van der Waals surface area contributed by atoms with Crippen LogP contribution in [-0.4, -0.2) is 15.7 Å². The van der Waals surface area contributed by atoms with Crippen molar-refractivity contribution < 1.29 is 17.8 Å². The lowest BCUT2D eigenvalue weighted by molar-refractivity contribution is 0.0989. The molecule has 2 aromatic rings. The molecule has 0 fully saturated rings. The summed E-state index contributed by atoms with van der Waals surface area (Å²) < 4.78 is 37.8. The number of hydrogen-bond acceptors (Lipinski definition) is 2. The van der Waals surface area contributed by atoms with Gasteiger partial charge in [0, 0.05) is 22.6 Å². The lowest BCUT2D eigenvalue weighted by atomic mass is 10.1. The first kappa shape index (κ1) is 15.8. The van der Waals surface area contributed by atoms with Crippen molar-refractivity contribution in [1.82, 2.24) is 0 Å². The van der Waals surface area contributed by atoms with Crippen molar-refractivity contribution in [2.24, 2.45) is 0 Å². The summed E-state index contributed by atoms with van der Waals surface area (Å²) in [6.07, 6.45) is 0.0488. The monoisotopic (exact) mass is 328 g/mol. The third-order valence-corrected chi connectivity index (χ3v) is 4.48. The molecule has 0 aliphatic heterocycles. The molecule has 21 heavy (non-hydrogen) atoms. The van der Waals surface area contributed by atoms with Gasteiger partial charge in [-0.1, -0.05) is 11.6 Å². The van der Waals surface area contributed by atoms with E-state index in [1.165, 1.54) is 36.4 Å². The Hall–Kier alpha value is -1.59. The Balaban J connectivity index is 1.98. The highest BCUT2D eigenvalue weighted by Crippen LogP contribution is 2.19. The van der Waals surface area contributed by atoms with Gasteiger partial charge in [0.25, 0.3) is 0 Å². The maximum absolute atomic E-state index is 13.0. The lowest BCUT2D eigenvalue weighted by Gasteiger charge is -2.04. The Bertz CT molecular complexity index is 687. The van der Waals surface area contributed by atoms with Crippen LogP contribution in [0.25, 0.3) is 0 Å². The topological polar surface area (TPSA) is 34.1 Å². The van der Waals surface area contributed by atoms with Crippen LogP contribution >= 0.6 is 11.6 Å². The van der Waals surface area contributed by atoms with Crippen molar-refractivity contribution in [3.63, 3.8) is 0 Å². The highest BCUT2D eigenvalue weighted by atomic mass is 35.5. The normalized spacial score (nSPS) is 12.1. The fourth-order valence-electron chi connectivity index (χ4n) is 1.70. The number of halogens is 3. The van der Waals surface area contributed by atoms with Gasteiger partial charge in [-0.05, 0) is 42.5 Å².